The van der Waals surface area contributed by atoms with E-state index in [0.717, 1.165) is 25.0 Å². The zero-order chi connectivity index (χ0) is 20.0. The number of benzene rings is 1. The Labute approximate surface area is 165 Å². The molecule has 2 rings (SSSR count). The largest absolute Gasteiger partial charge is 0.497 e. The molecule has 1 saturated carbocycles. The van der Waals surface area contributed by atoms with Gasteiger partial charge in [-0.2, -0.15) is 0 Å². The van der Waals surface area contributed by atoms with Gasteiger partial charge in [-0.25, -0.2) is 0 Å². The van der Waals surface area contributed by atoms with E-state index in [1.807, 2.05) is 19.1 Å². The molecule has 27 heavy (non-hydrogen) atoms. The number of rotatable bonds is 8. The predicted octanol–water partition coefficient (Wildman–Crippen LogP) is 5.90. The Balaban J connectivity index is 1.85. The van der Waals surface area contributed by atoms with Crippen LogP contribution in [0.1, 0.15) is 65.9 Å². The number of ether oxygens (including phenoxy) is 2. The third kappa shape index (κ3) is 6.55. The molecule has 1 aliphatic carbocycles. The van der Waals surface area contributed by atoms with Crippen molar-refractivity contribution in [3.63, 3.8) is 0 Å². The molecule has 5 atom stereocenters. The van der Waals surface area contributed by atoms with Crippen molar-refractivity contribution in [2.45, 2.75) is 72.8 Å². The normalized spacial score (nSPS) is 25.1. The number of hydrogen-bond donors (Lipinski definition) is 0. The molecule has 0 bridgehead atoms. The molecule has 0 saturated heterocycles. The second-order valence-corrected chi connectivity index (χ2v) is 9.10. The highest BCUT2D eigenvalue weighted by Gasteiger charge is 2.34. The Hall–Kier alpha value is -1.51. The highest BCUT2D eigenvalue weighted by atomic mass is 16.5. The molecule has 3 nitrogen and oxygen atoms in total. The maximum Gasteiger partial charge on any atom is 0.308 e. The standard InChI is InChI=1S/C24H38O3/c1-16(2)22-12-7-17(3)15-23(22)27-24(25)19(5)13-18(4)14-20-8-10-21(26-6)11-9-20/h8-11,16-19,22-23H,7,12-15H2,1-6H3/t17-,18-,19-,22+,23-/m1/s1. The summed E-state index contributed by atoms with van der Waals surface area (Å²) in [6.45, 7) is 11.0. The van der Waals surface area contributed by atoms with Crippen LogP contribution in [0.15, 0.2) is 24.3 Å². The van der Waals surface area contributed by atoms with Crippen molar-refractivity contribution in [3.8, 4) is 5.75 Å². The van der Waals surface area contributed by atoms with Gasteiger partial charge in [0.2, 0.25) is 0 Å². The molecule has 0 amide bonds. The van der Waals surface area contributed by atoms with Gasteiger partial charge < -0.3 is 9.47 Å². The van der Waals surface area contributed by atoms with Gasteiger partial charge in [0.15, 0.2) is 0 Å². The van der Waals surface area contributed by atoms with E-state index in [4.69, 9.17) is 9.47 Å². The molecule has 0 radical (unpaired) electrons. The van der Waals surface area contributed by atoms with Crippen LogP contribution in [-0.4, -0.2) is 19.2 Å². The van der Waals surface area contributed by atoms with Crippen LogP contribution in [0.2, 0.25) is 0 Å². The maximum atomic E-state index is 12.7. The first-order chi connectivity index (χ1) is 12.8. The molecule has 1 fully saturated rings. The van der Waals surface area contributed by atoms with Crippen molar-refractivity contribution in [3.05, 3.63) is 29.8 Å². The van der Waals surface area contributed by atoms with Crippen molar-refractivity contribution in [1.82, 2.24) is 0 Å². The fourth-order valence-electron chi connectivity index (χ4n) is 4.46. The second kappa shape index (κ2) is 10.1. The van der Waals surface area contributed by atoms with Crippen LogP contribution in [0.25, 0.3) is 0 Å². The van der Waals surface area contributed by atoms with Crippen LogP contribution in [-0.2, 0) is 16.0 Å². The topological polar surface area (TPSA) is 35.5 Å². The Bertz CT molecular complexity index is 578. The highest BCUT2D eigenvalue weighted by molar-refractivity contribution is 5.72. The molecule has 152 valence electrons. The molecule has 0 spiro atoms. The minimum absolute atomic E-state index is 0.0127. The summed E-state index contributed by atoms with van der Waals surface area (Å²) in [5, 5.41) is 0. The van der Waals surface area contributed by atoms with Gasteiger partial charge in [-0.1, -0.05) is 53.2 Å². The van der Waals surface area contributed by atoms with Crippen molar-refractivity contribution in [2.75, 3.05) is 7.11 Å². The monoisotopic (exact) mass is 374 g/mol. The zero-order valence-electron chi connectivity index (χ0n) is 18.0. The molecule has 1 aromatic carbocycles. The minimum Gasteiger partial charge on any atom is -0.497 e. The van der Waals surface area contributed by atoms with Gasteiger partial charge in [-0.15, -0.1) is 0 Å². The van der Waals surface area contributed by atoms with E-state index in [9.17, 15) is 4.79 Å². The smallest absolute Gasteiger partial charge is 0.308 e. The van der Waals surface area contributed by atoms with Crippen LogP contribution in [0.5, 0.6) is 5.75 Å². The summed E-state index contributed by atoms with van der Waals surface area (Å²) in [5.74, 6) is 2.98. The lowest BCUT2D eigenvalue weighted by molar-refractivity contribution is -0.161. The molecule has 0 N–H and O–H groups in total. The zero-order valence-corrected chi connectivity index (χ0v) is 18.0. The van der Waals surface area contributed by atoms with E-state index in [1.165, 1.54) is 18.4 Å². The molecule has 3 heteroatoms. The molecule has 1 aromatic rings. The average Bonchev–Trinajstić information content (AvgIpc) is 2.62. The Morgan fingerprint density at radius 1 is 1.11 bits per heavy atom. The van der Waals surface area contributed by atoms with Gasteiger partial charge in [0.25, 0.3) is 0 Å². The van der Waals surface area contributed by atoms with E-state index in [2.05, 4.69) is 39.8 Å². The Morgan fingerprint density at radius 2 is 1.78 bits per heavy atom. The maximum absolute atomic E-state index is 12.7. The molecule has 1 aliphatic rings. The van der Waals surface area contributed by atoms with Gasteiger partial charge in [0.1, 0.15) is 11.9 Å². The summed E-state index contributed by atoms with van der Waals surface area (Å²) in [5.41, 5.74) is 1.28. The summed E-state index contributed by atoms with van der Waals surface area (Å²) in [7, 11) is 1.68. The first-order valence-electron chi connectivity index (χ1n) is 10.6. The van der Waals surface area contributed by atoms with Crippen molar-refractivity contribution in [2.24, 2.45) is 29.6 Å². The Kier molecular flexibility index (Phi) is 8.19. The van der Waals surface area contributed by atoms with Crippen molar-refractivity contribution >= 4 is 5.97 Å². The number of carbonyl (C=O) groups excluding carboxylic acids is 1. The highest BCUT2D eigenvalue weighted by Crippen LogP contribution is 2.36. The summed E-state index contributed by atoms with van der Waals surface area (Å²) in [4.78, 5) is 12.7. The number of esters is 1. The summed E-state index contributed by atoms with van der Waals surface area (Å²) >= 11 is 0. The lowest BCUT2D eigenvalue weighted by atomic mass is 9.75. The van der Waals surface area contributed by atoms with Crippen LogP contribution >= 0.6 is 0 Å². The Morgan fingerprint density at radius 3 is 2.37 bits per heavy atom. The molecule has 0 heterocycles. The molecule has 0 unspecified atom stereocenters. The molecule has 0 aromatic heterocycles. The minimum atomic E-state index is -0.0525. The van der Waals surface area contributed by atoms with Gasteiger partial charge >= 0.3 is 5.97 Å². The van der Waals surface area contributed by atoms with Crippen LogP contribution in [0.3, 0.4) is 0 Å². The first-order valence-corrected chi connectivity index (χ1v) is 10.6. The van der Waals surface area contributed by atoms with Gasteiger partial charge in [-0.05, 0) is 67.1 Å². The SMILES string of the molecule is COc1ccc(C[C@H](C)C[C@@H](C)C(=O)O[C@@H]2C[C@H](C)CC[C@H]2C(C)C)cc1. The fourth-order valence-corrected chi connectivity index (χ4v) is 4.46. The molecular weight excluding hydrogens is 336 g/mol. The average molecular weight is 375 g/mol. The summed E-state index contributed by atoms with van der Waals surface area (Å²) in [6, 6.07) is 8.20. The van der Waals surface area contributed by atoms with E-state index in [-0.39, 0.29) is 18.0 Å². The number of methoxy groups -OCH3 is 1. The van der Waals surface area contributed by atoms with Crippen LogP contribution < -0.4 is 4.74 Å². The van der Waals surface area contributed by atoms with Gasteiger partial charge in [0, 0.05) is 0 Å². The second-order valence-electron chi connectivity index (χ2n) is 9.10. The van der Waals surface area contributed by atoms with Crippen molar-refractivity contribution in [1.29, 1.82) is 0 Å². The lowest BCUT2D eigenvalue weighted by Crippen LogP contribution is -2.37. The van der Waals surface area contributed by atoms with Crippen LogP contribution in [0.4, 0.5) is 0 Å². The quantitative estimate of drug-likeness (QED) is 0.531. The third-order valence-corrected chi connectivity index (χ3v) is 6.13. The fraction of sp³-hybridized carbons (Fsp3) is 0.708. The first kappa shape index (κ1) is 21.8. The number of hydrogen-bond acceptors (Lipinski definition) is 3. The predicted molar refractivity (Wildman–Crippen MR) is 111 cm³/mol. The third-order valence-electron chi connectivity index (χ3n) is 6.13. The van der Waals surface area contributed by atoms with Crippen molar-refractivity contribution < 1.29 is 14.3 Å². The summed E-state index contributed by atoms with van der Waals surface area (Å²) in [6.07, 6.45) is 5.38. The van der Waals surface area contributed by atoms with Gasteiger partial charge in [0.05, 0.1) is 13.0 Å². The lowest BCUT2D eigenvalue weighted by Gasteiger charge is -2.37. The van der Waals surface area contributed by atoms with Gasteiger partial charge in [-0.3, -0.25) is 4.79 Å². The summed E-state index contributed by atoms with van der Waals surface area (Å²) < 4.78 is 11.2. The van der Waals surface area contributed by atoms with E-state index in [0.29, 0.717) is 23.7 Å². The number of carbonyl (C=O) groups is 1. The molecular formula is C24H38O3. The van der Waals surface area contributed by atoms with E-state index in [1.54, 1.807) is 7.11 Å². The van der Waals surface area contributed by atoms with E-state index < -0.39 is 0 Å². The van der Waals surface area contributed by atoms with E-state index >= 15 is 0 Å². The molecule has 0 aliphatic heterocycles. The van der Waals surface area contributed by atoms with Crippen LogP contribution in [0, 0.1) is 29.6 Å².